The molecule has 0 aliphatic rings. The molecule has 0 bridgehead atoms. The molecular formula is C17H14F6N2O4S. The number of ether oxygens (including phenoxy) is 1. The van der Waals surface area contributed by atoms with Crippen molar-refractivity contribution in [2.45, 2.75) is 23.7 Å². The van der Waals surface area contributed by atoms with Gasteiger partial charge >= 0.3 is 12.4 Å². The zero-order valence-corrected chi connectivity index (χ0v) is 16.0. The van der Waals surface area contributed by atoms with E-state index in [1.165, 1.54) is 18.2 Å². The molecule has 1 N–H and O–H groups in total. The lowest BCUT2D eigenvalue weighted by molar-refractivity contribution is -0.139. The van der Waals surface area contributed by atoms with Gasteiger partial charge in [-0.15, -0.1) is 0 Å². The summed E-state index contributed by atoms with van der Waals surface area (Å²) in [6.07, 6.45) is -9.63. The molecule has 0 saturated carbocycles. The van der Waals surface area contributed by atoms with E-state index >= 15 is 0 Å². The molecule has 0 atom stereocenters. The van der Waals surface area contributed by atoms with Crippen molar-refractivity contribution in [1.82, 2.24) is 4.98 Å². The Morgan fingerprint density at radius 1 is 1.13 bits per heavy atom. The van der Waals surface area contributed by atoms with Gasteiger partial charge in [0.05, 0.1) is 23.5 Å². The number of alkyl halides is 6. The normalized spacial score (nSPS) is 12.5. The summed E-state index contributed by atoms with van der Waals surface area (Å²) in [5.41, 5.74) is -2.15. The molecule has 0 unspecified atom stereocenters. The van der Waals surface area contributed by atoms with Gasteiger partial charge in [0, 0.05) is 18.1 Å². The number of hydrogen-bond acceptors (Lipinski definition) is 5. The molecule has 164 valence electrons. The van der Waals surface area contributed by atoms with E-state index in [1.807, 2.05) is 0 Å². The number of nitrogens with zero attached hydrogens (tertiary/aromatic N) is 1. The lowest BCUT2D eigenvalue weighted by Crippen LogP contribution is -2.19. The lowest BCUT2D eigenvalue weighted by Gasteiger charge is -2.14. The number of rotatable bonds is 6. The molecule has 0 aliphatic carbocycles. The maximum absolute atomic E-state index is 13.0. The predicted molar refractivity (Wildman–Crippen MR) is 92.9 cm³/mol. The Hall–Kier alpha value is -2.83. The van der Waals surface area contributed by atoms with Crippen molar-refractivity contribution in [2.24, 2.45) is 0 Å². The van der Waals surface area contributed by atoms with Crippen molar-refractivity contribution in [3.05, 3.63) is 47.7 Å². The van der Waals surface area contributed by atoms with Crippen molar-refractivity contribution >= 4 is 21.4 Å². The van der Waals surface area contributed by atoms with Crippen LogP contribution in [0.1, 0.15) is 22.3 Å². The number of carbonyl (C=O) groups excluding carboxylic acids is 1. The zero-order valence-electron chi connectivity index (χ0n) is 15.1. The summed E-state index contributed by atoms with van der Waals surface area (Å²) >= 11 is 0. The fourth-order valence-electron chi connectivity index (χ4n) is 2.15. The molecule has 0 saturated heterocycles. The number of halogens is 6. The SMILES string of the molecule is CS(=O)(=O)c1cccc(NC(=O)c2cc(C(F)(F)F)cnc2OCCC(F)(F)F)c1. The summed E-state index contributed by atoms with van der Waals surface area (Å²) in [7, 11) is -3.63. The molecule has 1 amide bonds. The largest absolute Gasteiger partial charge is 0.477 e. The third kappa shape index (κ3) is 6.61. The van der Waals surface area contributed by atoms with Gasteiger partial charge in [-0.3, -0.25) is 4.79 Å². The number of nitrogens with one attached hydrogen (secondary N) is 1. The quantitative estimate of drug-likeness (QED) is 0.662. The van der Waals surface area contributed by atoms with Gasteiger partial charge in [-0.2, -0.15) is 26.3 Å². The third-order valence-corrected chi connectivity index (χ3v) is 4.68. The number of benzene rings is 1. The van der Waals surface area contributed by atoms with Gasteiger partial charge in [-0.1, -0.05) is 6.07 Å². The van der Waals surface area contributed by atoms with Crippen molar-refractivity contribution in [3.8, 4) is 5.88 Å². The minimum absolute atomic E-state index is 0.0680. The highest BCUT2D eigenvalue weighted by Crippen LogP contribution is 2.32. The van der Waals surface area contributed by atoms with Crippen molar-refractivity contribution in [2.75, 3.05) is 18.2 Å². The fourth-order valence-corrected chi connectivity index (χ4v) is 2.82. The number of anilines is 1. The molecule has 2 rings (SSSR count). The molecule has 1 heterocycles. The molecule has 1 aromatic carbocycles. The number of hydrogen-bond donors (Lipinski definition) is 1. The fraction of sp³-hybridized carbons (Fsp3) is 0.294. The van der Waals surface area contributed by atoms with E-state index in [-0.39, 0.29) is 10.6 Å². The van der Waals surface area contributed by atoms with Crippen molar-refractivity contribution in [3.63, 3.8) is 0 Å². The van der Waals surface area contributed by atoms with E-state index in [2.05, 4.69) is 10.3 Å². The highest BCUT2D eigenvalue weighted by Gasteiger charge is 2.33. The maximum Gasteiger partial charge on any atom is 0.417 e. The molecule has 2 aromatic rings. The second-order valence-electron chi connectivity index (χ2n) is 6.04. The molecule has 0 radical (unpaired) electrons. The average molecular weight is 456 g/mol. The maximum atomic E-state index is 13.0. The van der Waals surface area contributed by atoms with Gasteiger partial charge < -0.3 is 10.1 Å². The highest BCUT2D eigenvalue weighted by atomic mass is 32.2. The van der Waals surface area contributed by atoms with Crippen molar-refractivity contribution in [1.29, 1.82) is 0 Å². The summed E-state index contributed by atoms with van der Waals surface area (Å²) < 4.78 is 104. The first-order valence-electron chi connectivity index (χ1n) is 8.05. The lowest BCUT2D eigenvalue weighted by atomic mass is 10.1. The summed E-state index contributed by atoms with van der Waals surface area (Å²) in [5.74, 6) is -1.91. The third-order valence-electron chi connectivity index (χ3n) is 3.57. The number of aromatic nitrogens is 1. The van der Waals surface area contributed by atoms with Crippen LogP contribution in [0.2, 0.25) is 0 Å². The standard InChI is InChI=1S/C17H14F6N2O4S/c1-30(27,28)12-4-2-3-11(8-12)25-14(26)13-7-10(17(21,22)23)9-24-15(13)29-6-5-16(18,19)20/h2-4,7-9H,5-6H2,1H3,(H,25,26). The van der Waals surface area contributed by atoms with Crippen LogP contribution in [0, 0.1) is 0 Å². The van der Waals surface area contributed by atoms with Crippen LogP contribution >= 0.6 is 0 Å². The molecule has 1 aromatic heterocycles. The van der Waals surface area contributed by atoms with Crippen LogP contribution in [0.4, 0.5) is 32.0 Å². The second kappa shape index (κ2) is 8.50. The van der Waals surface area contributed by atoms with Crippen LogP contribution in [0.5, 0.6) is 5.88 Å². The van der Waals surface area contributed by atoms with E-state index in [4.69, 9.17) is 4.74 Å². The predicted octanol–water partition coefficient (Wildman–Crippen LogP) is 4.09. The number of sulfone groups is 1. The smallest absolute Gasteiger partial charge is 0.417 e. The Morgan fingerprint density at radius 3 is 2.37 bits per heavy atom. The number of pyridine rings is 1. The van der Waals surface area contributed by atoms with Gasteiger partial charge in [-0.05, 0) is 24.3 Å². The summed E-state index contributed by atoms with van der Waals surface area (Å²) in [5, 5.41) is 2.18. The van der Waals surface area contributed by atoms with Gasteiger partial charge in [0.15, 0.2) is 9.84 Å². The van der Waals surface area contributed by atoms with Crippen molar-refractivity contribution < 1.29 is 44.3 Å². The molecule has 6 nitrogen and oxygen atoms in total. The second-order valence-corrected chi connectivity index (χ2v) is 8.06. The number of carbonyl (C=O) groups is 1. The number of amides is 1. The molecular weight excluding hydrogens is 442 g/mol. The Balaban J connectivity index is 2.35. The van der Waals surface area contributed by atoms with Gasteiger partial charge in [0.1, 0.15) is 5.56 Å². The Kier molecular flexibility index (Phi) is 6.64. The first-order chi connectivity index (χ1) is 13.7. The summed E-state index contributed by atoms with van der Waals surface area (Å²) in [6, 6.07) is 5.25. The average Bonchev–Trinajstić information content (AvgIpc) is 2.59. The molecule has 0 aliphatic heterocycles. The Labute approximate surface area is 166 Å². The topological polar surface area (TPSA) is 85.4 Å². The van der Waals surface area contributed by atoms with Gasteiger partial charge in [0.2, 0.25) is 5.88 Å². The minimum atomic E-state index is -4.87. The van der Waals surface area contributed by atoms with Crippen LogP contribution < -0.4 is 10.1 Å². The molecule has 13 heteroatoms. The van der Waals surface area contributed by atoms with E-state index in [9.17, 15) is 39.6 Å². The van der Waals surface area contributed by atoms with Gasteiger partial charge in [-0.25, -0.2) is 13.4 Å². The van der Waals surface area contributed by atoms with Crippen LogP contribution in [0.15, 0.2) is 41.4 Å². The van der Waals surface area contributed by atoms with Crippen LogP contribution in [0.25, 0.3) is 0 Å². The van der Waals surface area contributed by atoms with Gasteiger partial charge in [0.25, 0.3) is 5.91 Å². The van der Waals surface area contributed by atoms with Crippen LogP contribution in [0.3, 0.4) is 0 Å². The summed E-state index contributed by atoms with van der Waals surface area (Å²) in [6.45, 7) is -0.967. The summed E-state index contributed by atoms with van der Waals surface area (Å²) in [4.78, 5) is 15.6. The minimum Gasteiger partial charge on any atom is -0.477 e. The van der Waals surface area contributed by atoms with E-state index in [0.29, 0.717) is 12.3 Å². The van der Waals surface area contributed by atoms with E-state index in [1.54, 1.807) is 0 Å². The molecule has 30 heavy (non-hydrogen) atoms. The molecule has 0 fully saturated rings. The highest BCUT2D eigenvalue weighted by molar-refractivity contribution is 7.90. The van der Waals surface area contributed by atoms with E-state index in [0.717, 1.165) is 12.3 Å². The Bertz CT molecular complexity index is 1040. The zero-order chi connectivity index (χ0) is 22.7. The Morgan fingerprint density at radius 2 is 1.80 bits per heavy atom. The first kappa shape index (κ1) is 23.4. The first-order valence-corrected chi connectivity index (χ1v) is 9.94. The van der Waals surface area contributed by atoms with E-state index < -0.39 is 58.1 Å². The van der Waals surface area contributed by atoms with Crippen LogP contribution in [-0.2, 0) is 16.0 Å². The molecule has 0 spiro atoms. The monoisotopic (exact) mass is 456 g/mol. The van der Waals surface area contributed by atoms with Crippen LogP contribution in [-0.4, -0.2) is 38.3 Å².